The molecule has 5 heteroatoms. The minimum atomic E-state index is -0.0673. The van der Waals surface area contributed by atoms with Gasteiger partial charge in [0.1, 0.15) is 22.4 Å². The fraction of sp³-hybridized carbons (Fsp3) is 0.208. The van der Waals surface area contributed by atoms with Gasteiger partial charge in [-0.05, 0) is 87.5 Å². The molecule has 0 fully saturated rings. The largest absolute Gasteiger partial charge is 0.507 e. The van der Waals surface area contributed by atoms with Crippen molar-refractivity contribution in [3.05, 3.63) is 138 Å². The van der Waals surface area contributed by atoms with E-state index < -0.39 is 0 Å². The van der Waals surface area contributed by atoms with Crippen molar-refractivity contribution in [2.45, 2.75) is 65.7 Å². The van der Waals surface area contributed by atoms with E-state index in [0.29, 0.717) is 34.6 Å². The Hall–Kier alpha value is -5.94. The van der Waals surface area contributed by atoms with Crippen LogP contribution in [0.1, 0.15) is 82.6 Å². The predicted molar refractivity (Wildman–Crippen MR) is 220 cm³/mol. The third-order valence-corrected chi connectivity index (χ3v) is 10.2. The third kappa shape index (κ3) is 6.42. The summed E-state index contributed by atoms with van der Waals surface area (Å²) in [6.07, 6.45) is 1.71. The highest BCUT2D eigenvalue weighted by Gasteiger charge is 2.22. The first-order chi connectivity index (χ1) is 25.4. The van der Waals surface area contributed by atoms with Crippen molar-refractivity contribution in [2.75, 3.05) is 0 Å². The molecule has 0 radical (unpaired) electrons. The summed E-state index contributed by atoms with van der Waals surface area (Å²) in [5.41, 5.74) is 12.9. The molecule has 5 nitrogen and oxygen atoms in total. The van der Waals surface area contributed by atoms with Gasteiger partial charge in [-0.3, -0.25) is 4.99 Å². The number of para-hydroxylation sites is 3. The van der Waals surface area contributed by atoms with Gasteiger partial charge in [-0.25, -0.2) is 4.98 Å². The molecule has 8 rings (SSSR count). The lowest BCUT2D eigenvalue weighted by atomic mass is 9.86. The molecule has 1 N–H and O–H groups in total. The molecule has 0 spiro atoms. The molecule has 8 aromatic rings. The number of fused-ring (bicyclic) bond motifs is 4. The van der Waals surface area contributed by atoms with Crippen LogP contribution in [0.25, 0.3) is 66.7 Å². The maximum atomic E-state index is 10.7. The maximum Gasteiger partial charge on any atom is 0.229 e. The number of rotatable bonds is 7. The van der Waals surface area contributed by atoms with E-state index in [1.54, 1.807) is 12.3 Å². The van der Waals surface area contributed by atoms with E-state index in [-0.39, 0.29) is 11.2 Å². The zero-order chi connectivity index (χ0) is 37.0. The molecule has 0 amide bonds. The van der Waals surface area contributed by atoms with Crippen LogP contribution in [0.4, 0.5) is 5.69 Å². The molecule has 0 aliphatic rings. The van der Waals surface area contributed by atoms with E-state index in [1.807, 2.05) is 54.6 Å². The molecule has 0 saturated carbocycles. The summed E-state index contributed by atoms with van der Waals surface area (Å²) in [7, 11) is 0. The summed E-state index contributed by atoms with van der Waals surface area (Å²) in [4.78, 5) is 10.1. The SMILES string of the molecule is CC(C)c1cc(-c2cc(-c3cccc4c3oc3ccccc34)c3nc(-c4ccccc4N=Cc4cc(C(C)(C)C)ccc4O)oc3c2)cc(C(C)C)c1. The van der Waals surface area contributed by atoms with Crippen LogP contribution in [0.3, 0.4) is 0 Å². The highest BCUT2D eigenvalue weighted by molar-refractivity contribution is 6.12. The minimum Gasteiger partial charge on any atom is -0.507 e. The summed E-state index contributed by atoms with van der Waals surface area (Å²) >= 11 is 0. The average Bonchev–Trinajstić information content (AvgIpc) is 3.75. The molecule has 0 atom stereocenters. The first kappa shape index (κ1) is 34.2. The Morgan fingerprint density at radius 1 is 0.642 bits per heavy atom. The van der Waals surface area contributed by atoms with Gasteiger partial charge in [0.05, 0.1) is 11.3 Å². The monoisotopic (exact) mass is 696 g/mol. The topological polar surface area (TPSA) is 71.8 Å². The molecule has 0 unspecified atom stereocenters. The first-order valence-electron chi connectivity index (χ1n) is 18.4. The first-order valence-corrected chi connectivity index (χ1v) is 18.4. The quantitative estimate of drug-likeness (QED) is 0.168. The van der Waals surface area contributed by atoms with Crippen LogP contribution in [0.5, 0.6) is 5.75 Å². The number of hydrogen-bond donors (Lipinski definition) is 1. The van der Waals surface area contributed by atoms with Gasteiger partial charge in [0, 0.05) is 33.7 Å². The summed E-state index contributed by atoms with van der Waals surface area (Å²) in [5.74, 6) is 1.41. The Morgan fingerprint density at radius 2 is 1.32 bits per heavy atom. The Kier molecular flexibility index (Phi) is 8.53. The van der Waals surface area contributed by atoms with Crippen molar-refractivity contribution in [3.8, 4) is 39.5 Å². The van der Waals surface area contributed by atoms with Crippen molar-refractivity contribution in [1.29, 1.82) is 0 Å². The standard InChI is InChI=1S/C48H44N2O3/c1-28(2)30-21-31(29(3)4)23-32(22-30)33-25-40(38-16-12-15-37-36-13-9-11-18-43(36)52-46(37)38)45-44(26-33)53-47(50-45)39-14-8-10-17-41(39)49-27-34-24-35(48(5,6)7)19-20-42(34)51/h8-29,51H,1-7H3. The molecular weight excluding hydrogens is 653 g/mol. The summed E-state index contributed by atoms with van der Waals surface area (Å²) in [6.45, 7) is 15.4. The third-order valence-electron chi connectivity index (χ3n) is 10.2. The number of phenols is 1. The number of hydrogen-bond acceptors (Lipinski definition) is 5. The molecule has 0 saturated heterocycles. The van der Waals surface area contributed by atoms with Crippen LogP contribution >= 0.6 is 0 Å². The smallest absolute Gasteiger partial charge is 0.229 e. The van der Waals surface area contributed by atoms with Gasteiger partial charge in [0.25, 0.3) is 0 Å². The zero-order valence-electron chi connectivity index (χ0n) is 31.4. The second kappa shape index (κ2) is 13.2. The van der Waals surface area contributed by atoms with Crippen LogP contribution < -0.4 is 0 Å². The zero-order valence-corrected chi connectivity index (χ0v) is 31.4. The van der Waals surface area contributed by atoms with Crippen molar-refractivity contribution in [3.63, 3.8) is 0 Å². The Balaban J connectivity index is 1.33. The highest BCUT2D eigenvalue weighted by Crippen LogP contribution is 2.43. The number of nitrogens with zero attached hydrogens (tertiary/aromatic N) is 2. The molecule has 2 aromatic heterocycles. The molecule has 0 aliphatic heterocycles. The molecule has 0 bridgehead atoms. The van der Waals surface area contributed by atoms with Gasteiger partial charge in [-0.2, -0.15) is 0 Å². The second-order valence-electron chi connectivity index (χ2n) is 15.7. The van der Waals surface area contributed by atoms with Gasteiger partial charge < -0.3 is 13.9 Å². The van der Waals surface area contributed by atoms with Gasteiger partial charge in [-0.15, -0.1) is 0 Å². The predicted octanol–water partition coefficient (Wildman–Crippen LogP) is 13.7. The number of benzene rings is 6. The van der Waals surface area contributed by atoms with Crippen molar-refractivity contribution >= 4 is 44.9 Å². The normalized spacial score (nSPS) is 12.4. The fourth-order valence-corrected chi connectivity index (χ4v) is 7.02. The Bertz CT molecular complexity index is 2660. The molecule has 264 valence electrons. The minimum absolute atomic E-state index is 0.0673. The molecule has 53 heavy (non-hydrogen) atoms. The lowest BCUT2D eigenvalue weighted by Gasteiger charge is -2.19. The number of oxazole rings is 1. The number of aromatic hydroxyl groups is 1. The molecule has 0 aliphatic carbocycles. The number of phenolic OH excluding ortho intramolecular Hbond substituents is 1. The Labute approximate surface area is 310 Å². The number of aliphatic imine (C=N–C) groups is 1. The molecular formula is C48H44N2O3. The fourth-order valence-electron chi connectivity index (χ4n) is 7.02. The van der Waals surface area contributed by atoms with Crippen molar-refractivity contribution < 1.29 is 13.9 Å². The van der Waals surface area contributed by atoms with E-state index >= 15 is 0 Å². The second-order valence-corrected chi connectivity index (χ2v) is 15.7. The van der Waals surface area contributed by atoms with Crippen LogP contribution in [-0.4, -0.2) is 16.3 Å². The highest BCUT2D eigenvalue weighted by atomic mass is 16.3. The summed E-state index contributed by atoms with van der Waals surface area (Å²) in [6, 6.07) is 39.3. The molecule has 2 heterocycles. The van der Waals surface area contributed by atoms with Crippen LogP contribution in [0.15, 0.2) is 129 Å². The van der Waals surface area contributed by atoms with Crippen LogP contribution in [0.2, 0.25) is 0 Å². The van der Waals surface area contributed by atoms with Gasteiger partial charge in [-0.1, -0.05) is 121 Å². The average molecular weight is 697 g/mol. The van der Waals surface area contributed by atoms with Crippen molar-refractivity contribution in [1.82, 2.24) is 4.98 Å². The Morgan fingerprint density at radius 3 is 2.08 bits per heavy atom. The van der Waals surface area contributed by atoms with E-state index in [1.165, 1.54) is 11.1 Å². The van der Waals surface area contributed by atoms with E-state index in [4.69, 9.17) is 18.8 Å². The van der Waals surface area contributed by atoms with E-state index in [9.17, 15) is 5.11 Å². The van der Waals surface area contributed by atoms with Gasteiger partial charge in [0.15, 0.2) is 5.58 Å². The number of aromatic nitrogens is 1. The lowest BCUT2D eigenvalue weighted by Crippen LogP contribution is -2.11. The van der Waals surface area contributed by atoms with Crippen LogP contribution in [-0.2, 0) is 5.41 Å². The van der Waals surface area contributed by atoms with E-state index in [2.05, 4.69) is 103 Å². The molecule has 6 aromatic carbocycles. The number of furan rings is 1. The summed E-state index contributed by atoms with van der Waals surface area (Å²) in [5, 5.41) is 12.8. The maximum absolute atomic E-state index is 10.7. The van der Waals surface area contributed by atoms with Gasteiger partial charge >= 0.3 is 0 Å². The van der Waals surface area contributed by atoms with E-state index in [0.717, 1.165) is 60.8 Å². The lowest BCUT2D eigenvalue weighted by molar-refractivity contribution is 0.473. The van der Waals surface area contributed by atoms with Crippen molar-refractivity contribution in [2.24, 2.45) is 4.99 Å². The summed E-state index contributed by atoms with van der Waals surface area (Å²) < 4.78 is 13.3. The van der Waals surface area contributed by atoms with Crippen LogP contribution in [0, 0.1) is 0 Å². The van der Waals surface area contributed by atoms with Gasteiger partial charge in [0.2, 0.25) is 5.89 Å².